The summed E-state index contributed by atoms with van der Waals surface area (Å²) in [6.45, 7) is 6.01. The SMILES string of the molecule is CC(C)(C)OC(=O)C(O)CCCCCN. The molecule has 0 aromatic heterocycles. The predicted octanol–water partition coefficient (Wildman–Crippen LogP) is 1.21. The summed E-state index contributed by atoms with van der Waals surface area (Å²) in [4.78, 5) is 11.3. The highest BCUT2D eigenvalue weighted by Crippen LogP contribution is 2.11. The van der Waals surface area contributed by atoms with Crippen LogP contribution in [-0.4, -0.2) is 29.3 Å². The Morgan fingerprint density at radius 2 is 1.93 bits per heavy atom. The molecule has 4 nitrogen and oxygen atoms in total. The lowest BCUT2D eigenvalue weighted by Crippen LogP contribution is -2.31. The minimum atomic E-state index is -0.998. The molecule has 0 saturated heterocycles. The van der Waals surface area contributed by atoms with E-state index in [9.17, 15) is 9.90 Å². The first-order chi connectivity index (χ1) is 6.87. The number of rotatable bonds is 6. The molecule has 0 aliphatic rings. The zero-order valence-electron chi connectivity index (χ0n) is 9.95. The highest BCUT2D eigenvalue weighted by atomic mass is 16.6. The lowest BCUT2D eigenvalue weighted by molar-refractivity contribution is -0.165. The Labute approximate surface area is 91.8 Å². The van der Waals surface area contributed by atoms with Gasteiger partial charge < -0.3 is 15.6 Å². The van der Waals surface area contributed by atoms with E-state index >= 15 is 0 Å². The van der Waals surface area contributed by atoms with Gasteiger partial charge in [-0.25, -0.2) is 4.79 Å². The number of ether oxygens (including phenoxy) is 1. The number of aliphatic hydroxyl groups is 1. The topological polar surface area (TPSA) is 72.5 Å². The molecule has 0 aromatic rings. The smallest absolute Gasteiger partial charge is 0.335 e. The van der Waals surface area contributed by atoms with E-state index in [4.69, 9.17) is 10.5 Å². The maximum Gasteiger partial charge on any atom is 0.335 e. The molecule has 0 rings (SSSR count). The molecule has 0 radical (unpaired) electrons. The van der Waals surface area contributed by atoms with Gasteiger partial charge in [-0.3, -0.25) is 0 Å². The Morgan fingerprint density at radius 1 is 1.33 bits per heavy atom. The number of carbonyl (C=O) groups is 1. The molecule has 0 bridgehead atoms. The Kier molecular flexibility index (Phi) is 6.52. The zero-order valence-corrected chi connectivity index (χ0v) is 9.95. The van der Waals surface area contributed by atoms with Gasteiger partial charge >= 0.3 is 5.97 Å². The van der Waals surface area contributed by atoms with Crippen LogP contribution in [0.5, 0.6) is 0 Å². The lowest BCUT2D eigenvalue weighted by Gasteiger charge is -2.21. The summed E-state index contributed by atoms with van der Waals surface area (Å²) in [5, 5.41) is 9.47. The zero-order chi connectivity index (χ0) is 11.9. The number of unbranched alkanes of at least 4 members (excludes halogenated alkanes) is 2. The van der Waals surface area contributed by atoms with Gasteiger partial charge in [0.25, 0.3) is 0 Å². The Hall–Kier alpha value is -0.610. The molecule has 0 aromatic carbocycles. The molecule has 0 fully saturated rings. The summed E-state index contributed by atoms with van der Waals surface area (Å²) < 4.78 is 5.04. The second kappa shape index (κ2) is 6.80. The van der Waals surface area contributed by atoms with E-state index in [1.807, 2.05) is 0 Å². The first kappa shape index (κ1) is 14.4. The van der Waals surface area contributed by atoms with Crippen molar-refractivity contribution in [2.75, 3.05) is 6.54 Å². The quantitative estimate of drug-likeness (QED) is 0.518. The number of carbonyl (C=O) groups excluding carboxylic acids is 1. The molecule has 0 aliphatic heterocycles. The van der Waals surface area contributed by atoms with Crippen molar-refractivity contribution in [3.05, 3.63) is 0 Å². The number of nitrogens with two attached hydrogens (primary N) is 1. The third-order valence-electron chi connectivity index (χ3n) is 1.86. The van der Waals surface area contributed by atoms with Crippen molar-refractivity contribution in [3.63, 3.8) is 0 Å². The lowest BCUT2D eigenvalue weighted by atomic mass is 10.1. The fourth-order valence-electron chi connectivity index (χ4n) is 1.15. The highest BCUT2D eigenvalue weighted by molar-refractivity contribution is 5.74. The monoisotopic (exact) mass is 217 g/mol. The van der Waals surface area contributed by atoms with Crippen molar-refractivity contribution >= 4 is 5.97 Å². The second-order valence-corrected chi connectivity index (χ2v) is 4.69. The Bertz CT molecular complexity index is 187. The molecule has 90 valence electrons. The molecule has 0 aliphatic carbocycles. The average Bonchev–Trinajstić information content (AvgIpc) is 2.09. The van der Waals surface area contributed by atoms with Crippen molar-refractivity contribution in [3.8, 4) is 0 Å². The van der Waals surface area contributed by atoms with Crippen LogP contribution in [0.2, 0.25) is 0 Å². The third kappa shape index (κ3) is 8.39. The first-order valence-corrected chi connectivity index (χ1v) is 5.48. The maximum atomic E-state index is 11.3. The van der Waals surface area contributed by atoms with Gasteiger partial charge in [0.1, 0.15) is 5.60 Å². The van der Waals surface area contributed by atoms with E-state index in [-0.39, 0.29) is 0 Å². The molecule has 4 heteroatoms. The van der Waals surface area contributed by atoms with Crippen LogP contribution in [0.4, 0.5) is 0 Å². The van der Waals surface area contributed by atoms with Crippen LogP contribution in [0.1, 0.15) is 46.5 Å². The van der Waals surface area contributed by atoms with Crippen LogP contribution in [-0.2, 0) is 9.53 Å². The third-order valence-corrected chi connectivity index (χ3v) is 1.86. The van der Waals surface area contributed by atoms with E-state index in [1.165, 1.54) is 0 Å². The Balaban J connectivity index is 3.70. The summed E-state index contributed by atoms with van der Waals surface area (Å²) in [7, 11) is 0. The van der Waals surface area contributed by atoms with E-state index in [0.29, 0.717) is 13.0 Å². The van der Waals surface area contributed by atoms with Gasteiger partial charge in [-0.2, -0.15) is 0 Å². The molecule has 0 spiro atoms. The van der Waals surface area contributed by atoms with Crippen LogP contribution in [0.15, 0.2) is 0 Å². The molecule has 3 N–H and O–H groups in total. The van der Waals surface area contributed by atoms with Crippen LogP contribution in [0.3, 0.4) is 0 Å². The van der Waals surface area contributed by atoms with E-state index in [1.54, 1.807) is 20.8 Å². The van der Waals surface area contributed by atoms with E-state index < -0.39 is 17.7 Å². The van der Waals surface area contributed by atoms with E-state index in [0.717, 1.165) is 19.3 Å². The summed E-state index contributed by atoms with van der Waals surface area (Å²) in [5.74, 6) is -0.532. The molecular formula is C11H23NO3. The number of hydrogen-bond donors (Lipinski definition) is 2. The largest absolute Gasteiger partial charge is 0.458 e. The van der Waals surface area contributed by atoms with Crippen molar-refractivity contribution in [2.24, 2.45) is 5.73 Å². The molecule has 1 unspecified atom stereocenters. The predicted molar refractivity (Wildman–Crippen MR) is 59.4 cm³/mol. The van der Waals surface area contributed by atoms with Gasteiger partial charge in [0.2, 0.25) is 0 Å². The molecule has 15 heavy (non-hydrogen) atoms. The normalized spacial score (nSPS) is 13.7. The van der Waals surface area contributed by atoms with Crippen LogP contribution < -0.4 is 5.73 Å². The van der Waals surface area contributed by atoms with Gasteiger partial charge in [-0.1, -0.05) is 12.8 Å². The molecule has 0 amide bonds. The molecular weight excluding hydrogens is 194 g/mol. The van der Waals surface area contributed by atoms with Crippen molar-refractivity contribution in [1.29, 1.82) is 0 Å². The maximum absolute atomic E-state index is 11.3. The molecule has 1 atom stereocenters. The fraction of sp³-hybridized carbons (Fsp3) is 0.909. The van der Waals surface area contributed by atoms with Crippen LogP contribution in [0, 0.1) is 0 Å². The Morgan fingerprint density at radius 3 is 2.40 bits per heavy atom. The summed E-state index contributed by atoms with van der Waals surface area (Å²) >= 11 is 0. The molecule has 0 saturated carbocycles. The number of esters is 1. The summed E-state index contributed by atoms with van der Waals surface area (Å²) in [5.41, 5.74) is 4.80. The van der Waals surface area contributed by atoms with Crippen molar-refractivity contribution in [1.82, 2.24) is 0 Å². The highest BCUT2D eigenvalue weighted by Gasteiger charge is 2.22. The first-order valence-electron chi connectivity index (χ1n) is 5.48. The van der Waals surface area contributed by atoms with Gasteiger partial charge in [-0.05, 0) is 40.2 Å². The average molecular weight is 217 g/mol. The standard InChI is InChI=1S/C11H23NO3/c1-11(2,3)15-10(14)9(13)7-5-4-6-8-12/h9,13H,4-8,12H2,1-3H3. The number of hydrogen-bond acceptors (Lipinski definition) is 4. The van der Waals surface area contributed by atoms with Crippen molar-refractivity contribution in [2.45, 2.75) is 58.2 Å². The van der Waals surface area contributed by atoms with E-state index in [2.05, 4.69) is 0 Å². The summed E-state index contributed by atoms with van der Waals surface area (Å²) in [6.07, 6.45) is 2.13. The fourth-order valence-corrected chi connectivity index (χ4v) is 1.15. The molecule has 0 heterocycles. The van der Waals surface area contributed by atoms with Gasteiger partial charge in [0.15, 0.2) is 6.10 Å². The van der Waals surface area contributed by atoms with Gasteiger partial charge in [-0.15, -0.1) is 0 Å². The minimum absolute atomic E-state index is 0.453. The number of aliphatic hydroxyl groups excluding tert-OH is 1. The van der Waals surface area contributed by atoms with Gasteiger partial charge in [0, 0.05) is 0 Å². The summed E-state index contributed by atoms with van der Waals surface area (Å²) in [6, 6.07) is 0. The van der Waals surface area contributed by atoms with Crippen LogP contribution >= 0.6 is 0 Å². The van der Waals surface area contributed by atoms with Crippen LogP contribution in [0.25, 0.3) is 0 Å². The van der Waals surface area contributed by atoms with Crippen molar-refractivity contribution < 1.29 is 14.6 Å². The second-order valence-electron chi connectivity index (χ2n) is 4.69. The minimum Gasteiger partial charge on any atom is -0.458 e. The van der Waals surface area contributed by atoms with Gasteiger partial charge in [0.05, 0.1) is 0 Å².